The number of hydrogen-bond donors (Lipinski definition) is 1. The lowest BCUT2D eigenvalue weighted by molar-refractivity contribution is 0.575. The number of aromatic nitrogens is 3. The van der Waals surface area contributed by atoms with E-state index in [1.165, 1.54) is 17.0 Å². The van der Waals surface area contributed by atoms with Gasteiger partial charge in [-0.15, -0.1) is 11.3 Å². The molecule has 7 heteroatoms. The van der Waals surface area contributed by atoms with E-state index in [-0.39, 0.29) is 5.82 Å². The highest BCUT2D eigenvalue weighted by molar-refractivity contribution is 7.09. The van der Waals surface area contributed by atoms with Crippen molar-refractivity contribution in [1.82, 2.24) is 20.3 Å². The van der Waals surface area contributed by atoms with Crippen molar-refractivity contribution in [2.45, 2.75) is 19.6 Å². The van der Waals surface area contributed by atoms with Gasteiger partial charge in [0.2, 0.25) is 0 Å². The number of rotatable bonds is 7. The van der Waals surface area contributed by atoms with E-state index in [2.05, 4.69) is 27.0 Å². The third kappa shape index (κ3) is 4.47. The molecule has 0 saturated heterocycles. The van der Waals surface area contributed by atoms with Crippen LogP contribution in [0.5, 0.6) is 0 Å². The summed E-state index contributed by atoms with van der Waals surface area (Å²) in [4.78, 5) is 2.88. The van der Waals surface area contributed by atoms with Gasteiger partial charge < -0.3 is 5.32 Å². The predicted molar refractivity (Wildman–Crippen MR) is 111 cm³/mol. The van der Waals surface area contributed by atoms with E-state index >= 15 is 0 Å². The van der Waals surface area contributed by atoms with Gasteiger partial charge in [-0.3, -0.25) is 0 Å². The van der Waals surface area contributed by atoms with Gasteiger partial charge in [-0.2, -0.15) is 15.0 Å². The van der Waals surface area contributed by atoms with Crippen molar-refractivity contribution in [3.8, 4) is 11.3 Å². The molecule has 142 valence electrons. The van der Waals surface area contributed by atoms with Crippen molar-refractivity contribution in [2.24, 2.45) is 0 Å². The lowest BCUT2D eigenvalue weighted by Gasteiger charge is -2.03. The first kappa shape index (κ1) is 18.8. The fourth-order valence-electron chi connectivity index (χ4n) is 2.91. The number of halogens is 2. The molecule has 2 heterocycles. The maximum Gasteiger partial charge on any atom is 0.124 e. The summed E-state index contributed by atoms with van der Waals surface area (Å²) in [6, 6.07) is 18.5. The summed E-state index contributed by atoms with van der Waals surface area (Å²) in [5, 5.41) is 15.2. The van der Waals surface area contributed by atoms with Crippen LogP contribution in [0.1, 0.15) is 16.1 Å². The second kappa shape index (κ2) is 8.65. The number of thiophene rings is 1. The molecule has 4 aromatic rings. The molecule has 0 atom stereocenters. The highest BCUT2D eigenvalue weighted by Crippen LogP contribution is 2.22. The number of nitrogens with one attached hydrogen (secondary N) is 1. The van der Waals surface area contributed by atoms with Crippen molar-refractivity contribution < 1.29 is 4.39 Å². The third-order valence-electron chi connectivity index (χ3n) is 4.27. The van der Waals surface area contributed by atoms with Gasteiger partial charge in [-0.05, 0) is 29.1 Å². The molecule has 4 rings (SSSR count). The SMILES string of the molecule is Fc1ccc(Cn2nc(CNCc3cccs3)c(-c3ccccc3)n2)c(Cl)c1. The van der Waals surface area contributed by atoms with Gasteiger partial charge in [0.15, 0.2) is 0 Å². The van der Waals surface area contributed by atoms with Crippen LogP contribution in [-0.4, -0.2) is 15.0 Å². The summed E-state index contributed by atoms with van der Waals surface area (Å²) >= 11 is 7.88. The van der Waals surface area contributed by atoms with Gasteiger partial charge in [0, 0.05) is 28.6 Å². The zero-order valence-electron chi connectivity index (χ0n) is 15.0. The molecule has 28 heavy (non-hydrogen) atoms. The second-order valence-electron chi connectivity index (χ2n) is 6.31. The van der Waals surface area contributed by atoms with Gasteiger partial charge in [0.1, 0.15) is 17.2 Å². The normalized spacial score (nSPS) is 11.1. The number of benzene rings is 2. The van der Waals surface area contributed by atoms with Crippen LogP contribution in [-0.2, 0) is 19.6 Å². The van der Waals surface area contributed by atoms with Gasteiger partial charge in [0.25, 0.3) is 0 Å². The van der Waals surface area contributed by atoms with E-state index in [0.717, 1.165) is 29.1 Å². The van der Waals surface area contributed by atoms with Crippen LogP contribution in [0.25, 0.3) is 11.3 Å². The van der Waals surface area contributed by atoms with E-state index in [9.17, 15) is 4.39 Å². The van der Waals surface area contributed by atoms with Crippen LogP contribution >= 0.6 is 22.9 Å². The zero-order chi connectivity index (χ0) is 19.3. The maximum atomic E-state index is 13.3. The van der Waals surface area contributed by atoms with Crippen LogP contribution in [0.3, 0.4) is 0 Å². The Morgan fingerprint density at radius 1 is 1.00 bits per heavy atom. The Kier molecular flexibility index (Phi) is 5.81. The lowest BCUT2D eigenvalue weighted by atomic mass is 10.1. The summed E-state index contributed by atoms with van der Waals surface area (Å²) in [6.45, 7) is 1.76. The third-order valence-corrected chi connectivity index (χ3v) is 5.50. The Labute approximate surface area is 171 Å². The molecule has 4 nitrogen and oxygen atoms in total. The molecule has 0 radical (unpaired) electrons. The fraction of sp³-hybridized carbons (Fsp3) is 0.143. The average molecular weight is 413 g/mol. The van der Waals surface area contributed by atoms with Crippen molar-refractivity contribution in [1.29, 1.82) is 0 Å². The Bertz CT molecular complexity index is 1050. The summed E-state index contributed by atoms with van der Waals surface area (Å²) in [7, 11) is 0. The molecule has 0 fully saturated rings. The molecular weight excluding hydrogens is 395 g/mol. The van der Waals surface area contributed by atoms with E-state index in [4.69, 9.17) is 11.6 Å². The maximum absolute atomic E-state index is 13.3. The predicted octanol–water partition coefficient (Wildman–Crippen LogP) is 5.14. The largest absolute Gasteiger partial charge is 0.306 e. The molecule has 1 N–H and O–H groups in total. The monoisotopic (exact) mass is 412 g/mol. The van der Waals surface area contributed by atoms with Crippen molar-refractivity contribution in [3.63, 3.8) is 0 Å². The molecule has 0 unspecified atom stereocenters. The molecule has 0 amide bonds. The molecule has 0 bridgehead atoms. The topological polar surface area (TPSA) is 42.7 Å². The molecular formula is C21H18ClFN4S. The highest BCUT2D eigenvalue weighted by Gasteiger charge is 2.14. The van der Waals surface area contributed by atoms with Crippen LogP contribution < -0.4 is 5.32 Å². The van der Waals surface area contributed by atoms with Crippen molar-refractivity contribution in [2.75, 3.05) is 0 Å². The number of hydrogen-bond acceptors (Lipinski definition) is 4. The van der Waals surface area contributed by atoms with E-state index in [1.807, 2.05) is 36.4 Å². The summed E-state index contributed by atoms with van der Waals surface area (Å²) in [5.74, 6) is -0.356. The lowest BCUT2D eigenvalue weighted by Crippen LogP contribution is -2.13. The molecule has 0 saturated carbocycles. The average Bonchev–Trinajstić information content (AvgIpc) is 3.35. The molecule has 0 spiro atoms. The smallest absolute Gasteiger partial charge is 0.124 e. The highest BCUT2D eigenvalue weighted by atomic mass is 35.5. The fourth-order valence-corrected chi connectivity index (χ4v) is 3.81. The first-order chi connectivity index (χ1) is 13.7. The Balaban J connectivity index is 1.58. The van der Waals surface area contributed by atoms with Crippen LogP contribution in [0.4, 0.5) is 4.39 Å². The first-order valence-electron chi connectivity index (χ1n) is 8.85. The molecule has 0 aliphatic heterocycles. The van der Waals surface area contributed by atoms with Gasteiger partial charge in [-0.1, -0.05) is 54.1 Å². The first-order valence-corrected chi connectivity index (χ1v) is 10.1. The van der Waals surface area contributed by atoms with Gasteiger partial charge >= 0.3 is 0 Å². The molecule has 2 aromatic heterocycles. The van der Waals surface area contributed by atoms with Crippen LogP contribution in [0.15, 0.2) is 66.0 Å². The molecule has 0 aliphatic carbocycles. The van der Waals surface area contributed by atoms with Gasteiger partial charge in [-0.25, -0.2) is 4.39 Å². The summed E-state index contributed by atoms with van der Waals surface area (Å²) < 4.78 is 13.3. The summed E-state index contributed by atoms with van der Waals surface area (Å²) in [5.41, 5.74) is 3.47. The van der Waals surface area contributed by atoms with Crippen LogP contribution in [0, 0.1) is 5.82 Å². The minimum absolute atomic E-state index is 0.356. The Hall–Kier alpha value is -2.54. The van der Waals surface area contributed by atoms with Crippen LogP contribution in [0.2, 0.25) is 5.02 Å². The molecule has 2 aromatic carbocycles. The van der Waals surface area contributed by atoms with E-state index in [0.29, 0.717) is 18.1 Å². The quantitative estimate of drug-likeness (QED) is 0.457. The van der Waals surface area contributed by atoms with E-state index in [1.54, 1.807) is 22.2 Å². The minimum atomic E-state index is -0.356. The standard InChI is InChI=1S/C21H18ClFN4S/c22-19-11-17(23)9-8-16(19)14-27-25-20(13-24-12-18-7-4-10-28-18)21(26-27)15-5-2-1-3-6-15/h1-11,24H,12-14H2. The van der Waals surface area contributed by atoms with Crippen molar-refractivity contribution >= 4 is 22.9 Å². The summed E-state index contributed by atoms with van der Waals surface area (Å²) in [6.07, 6.45) is 0. The molecule has 0 aliphatic rings. The Morgan fingerprint density at radius 2 is 1.86 bits per heavy atom. The Morgan fingerprint density at radius 3 is 2.61 bits per heavy atom. The number of nitrogens with zero attached hydrogens (tertiary/aromatic N) is 3. The van der Waals surface area contributed by atoms with Gasteiger partial charge in [0.05, 0.1) is 6.54 Å². The van der Waals surface area contributed by atoms with Crippen molar-refractivity contribution in [3.05, 3.63) is 93.0 Å². The zero-order valence-corrected chi connectivity index (χ0v) is 16.6. The second-order valence-corrected chi connectivity index (χ2v) is 7.75. The minimum Gasteiger partial charge on any atom is -0.306 e. The van der Waals surface area contributed by atoms with E-state index < -0.39 is 0 Å².